The summed E-state index contributed by atoms with van der Waals surface area (Å²) < 4.78 is 13.4. The molecule has 5 rings (SSSR count). The second-order valence-electron chi connectivity index (χ2n) is 8.94. The number of para-hydroxylation sites is 1. The van der Waals surface area contributed by atoms with E-state index in [1.807, 2.05) is 49.1 Å². The van der Waals surface area contributed by atoms with Crippen LogP contribution in [0.4, 0.5) is 16.0 Å². The molecule has 8 heteroatoms. The van der Waals surface area contributed by atoms with Crippen molar-refractivity contribution in [2.75, 3.05) is 18.4 Å². The maximum absolute atomic E-state index is 13.6. The fourth-order valence-corrected chi connectivity index (χ4v) is 4.72. The van der Waals surface area contributed by atoms with Gasteiger partial charge in [-0.3, -0.25) is 9.89 Å². The molecule has 1 aliphatic rings. The van der Waals surface area contributed by atoms with Crippen LogP contribution < -0.4 is 5.32 Å². The van der Waals surface area contributed by atoms with Crippen molar-refractivity contribution in [2.24, 2.45) is 0 Å². The Morgan fingerprint density at radius 1 is 1.09 bits per heavy atom. The second-order valence-corrected chi connectivity index (χ2v) is 8.94. The number of hydrogen-bond donors (Lipinski definition) is 2. The van der Waals surface area contributed by atoms with Gasteiger partial charge in [0.1, 0.15) is 5.82 Å². The molecule has 2 aromatic carbocycles. The minimum atomic E-state index is -0.272. The first-order chi connectivity index (χ1) is 17.0. The predicted molar refractivity (Wildman–Crippen MR) is 133 cm³/mol. The van der Waals surface area contributed by atoms with Crippen LogP contribution in [0.2, 0.25) is 0 Å². The molecule has 1 fully saturated rings. The largest absolute Gasteiger partial charge is 0.338 e. The number of piperidine rings is 1. The van der Waals surface area contributed by atoms with Crippen molar-refractivity contribution in [2.45, 2.75) is 32.6 Å². The molecule has 4 aromatic rings. The van der Waals surface area contributed by atoms with Crippen LogP contribution in [0, 0.1) is 19.7 Å². The molecule has 1 aliphatic heterocycles. The highest BCUT2D eigenvalue weighted by Gasteiger charge is 2.29. The van der Waals surface area contributed by atoms with Crippen LogP contribution in [0.1, 0.15) is 46.2 Å². The van der Waals surface area contributed by atoms with Gasteiger partial charge >= 0.3 is 0 Å². The van der Waals surface area contributed by atoms with Crippen molar-refractivity contribution in [1.29, 1.82) is 0 Å². The highest BCUT2D eigenvalue weighted by atomic mass is 19.1. The zero-order valence-corrected chi connectivity index (χ0v) is 19.8. The number of H-pyrrole nitrogens is 1. The number of aromatic amines is 1. The Morgan fingerprint density at radius 2 is 1.83 bits per heavy atom. The van der Waals surface area contributed by atoms with E-state index in [1.165, 1.54) is 12.1 Å². The van der Waals surface area contributed by atoms with E-state index in [4.69, 9.17) is 0 Å². The summed E-state index contributed by atoms with van der Waals surface area (Å²) >= 11 is 0. The molecular formula is C27H27FN6O. The third kappa shape index (κ3) is 4.91. The molecule has 3 heterocycles. The Kier molecular flexibility index (Phi) is 6.27. The lowest BCUT2D eigenvalue weighted by atomic mass is 9.90. The normalized spacial score (nSPS) is 15.7. The molecule has 0 radical (unpaired) electrons. The molecule has 0 bridgehead atoms. The summed E-state index contributed by atoms with van der Waals surface area (Å²) in [6.45, 7) is 5.09. The number of aromatic nitrogens is 4. The fourth-order valence-electron chi connectivity index (χ4n) is 4.72. The average Bonchev–Trinajstić information content (AvgIpc) is 3.34. The van der Waals surface area contributed by atoms with Gasteiger partial charge in [0.25, 0.3) is 5.91 Å². The number of rotatable bonds is 5. The van der Waals surface area contributed by atoms with Crippen molar-refractivity contribution < 1.29 is 9.18 Å². The molecule has 35 heavy (non-hydrogen) atoms. The lowest BCUT2D eigenvalue weighted by molar-refractivity contribution is 0.0707. The summed E-state index contributed by atoms with van der Waals surface area (Å²) in [6.07, 6.45) is 3.59. The predicted octanol–water partition coefficient (Wildman–Crippen LogP) is 5.39. The molecule has 0 unspecified atom stereocenters. The number of benzene rings is 2. The fraction of sp³-hybridized carbons (Fsp3) is 0.259. The number of carbonyl (C=O) groups is 1. The number of halogens is 1. The smallest absolute Gasteiger partial charge is 0.255 e. The number of nitrogens with one attached hydrogen (secondary N) is 2. The van der Waals surface area contributed by atoms with Gasteiger partial charge in [-0.1, -0.05) is 24.3 Å². The summed E-state index contributed by atoms with van der Waals surface area (Å²) in [5, 5.41) is 10.6. The minimum absolute atomic E-state index is 0.0370. The van der Waals surface area contributed by atoms with E-state index in [0.717, 1.165) is 41.1 Å². The Labute approximate surface area is 203 Å². The summed E-state index contributed by atoms with van der Waals surface area (Å²) in [5.41, 5.74) is 5.81. The molecule has 178 valence electrons. The average molecular weight is 471 g/mol. The number of nitrogens with zero attached hydrogens (tertiary/aromatic N) is 4. The van der Waals surface area contributed by atoms with Gasteiger partial charge < -0.3 is 10.2 Å². The van der Waals surface area contributed by atoms with Gasteiger partial charge in [-0.05, 0) is 62.6 Å². The molecular weight excluding hydrogens is 443 g/mol. The first-order valence-corrected chi connectivity index (χ1v) is 11.7. The summed E-state index contributed by atoms with van der Waals surface area (Å²) in [5.74, 6) is 0.274. The van der Waals surface area contributed by atoms with Crippen molar-refractivity contribution >= 4 is 17.5 Å². The van der Waals surface area contributed by atoms with Crippen molar-refractivity contribution in [1.82, 2.24) is 25.1 Å². The van der Waals surface area contributed by atoms with Crippen molar-refractivity contribution in [3.8, 4) is 11.1 Å². The minimum Gasteiger partial charge on any atom is -0.338 e. The lowest BCUT2D eigenvalue weighted by Crippen LogP contribution is -2.39. The van der Waals surface area contributed by atoms with Crippen LogP contribution >= 0.6 is 0 Å². The van der Waals surface area contributed by atoms with E-state index < -0.39 is 0 Å². The maximum Gasteiger partial charge on any atom is 0.255 e. The Hall–Kier alpha value is -4.07. The van der Waals surface area contributed by atoms with Gasteiger partial charge in [-0.2, -0.15) is 5.10 Å². The molecule has 7 nitrogen and oxygen atoms in total. The van der Waals surface area contributed by atoms with Crippen LogP contribution in [0.15, 0.2) is 60.8 Å². The summed E-state index contributed by atoms with van der Waals surface area (Å²) in [7, 11) is 0. The van der Waals surface area contributed by atoms with E-state index in [1.54, 1.807) is 18.3 Å². The number of amides is 1. The van der Waals surface area contributed by atoms with Crippen molar-refractivity contribution in [3.05, 3.63) is 89.3 Å². The van der Waals surface area contributed by atoms with E-state index in [9.17, 15) is 9.18 Å². The topological polar surface area (TPSA) is 86.8 Å². The number of anilines is 2. The van der Waals surface area contributed by atoms with Gasteiger partial charge in [0, 0.05) is 41.7 Å². The Morgan fingerprint density at radius 3 is 2.60 bits per heavy atom. The number of hydrogen-bond acceptors (Lipinski definition) is 5. The van der Waals surface area contributed by atoms with Crippen LogP contribution in [-0.4, -0.2) is 44.1 Å². The lowest BCUT2D eigenvalue weighted by Gasteiger charge is -2.33. The SMILES string of the molecule is Cc1cc(C)nc(Nc2ccccc2C(=O)N2CCC[C@@H](c3[nH]ncc3-c3ccc(F)cc3)C2)n1. The quantitative estimate of drug-likeness (QED) is 0.409. The second kappa shape index (κ2) is 9.66. The van der Waals surface area contributed by atoms with Gasteiger partial charge in [0.05, 0.1) is 17.4 Å². The van der Waals surface area contributed by atoms with Gasteiger partial charge in [0.15, 0.2) is 0 Å². The molecule has 1 saturated heterocycles. The third-order valence-corrected chi connectivity index (χ3v) is 6.33. The highest BCUT2D eigenvalue weighted by molar-refractivity contribution is 6.00. The van der Waals surface area contributed by atoms with Gasteiger partial charge in [-0.25, -0.2) is 14.4 Å². The number of carbonyl (C=O) groups excluding carboxylic acids is 1. The monoisotopic (exact) mass is 470 g/mol. The zero-order chi connectivity index (χ0) is 24.4. The molecule has 0 aliphatic carbocycles. The third-order valence-electron chi connectivity index (χ3n) is 6.33. The first kappa shape index (κ1) is 22.7. The highest BCUT2D eigenvalue weighted by Crippen LogP contribution is 2.34. The van der Waals surface area contributed by atoms with E-state index >= 15 is 0 Å². The Balaban J connectivity index is 1.37. The molecule has 0 saturated carbocycles. The van der Waals surface area contributed by atoms with E-state index in [2.05, 4.69) is 25.5 Å². The number of aryl methyl sites for hydroxylation is 2. The summed E-state index contributed by atoms with van der Waals surface area (Å²) in [4.78, 5) is 24.4. The standard InChI is InChI=1S/C27H27FN6O/c1-17-14-18(2)31-27(30-17)32-24-8-4-3-7-22(24)26(35)34-13-5-6-20(16-34)25-23(15-29-33-25)19-9-11-21(28)12-10-19/h3-4,7-12,14-15,20H,5-6,13,16H2,1-2H3,(H,29,33)(H,30,31,32)/t20-/m1/s1. The molecule has 2 N–H and O–H groups in total. The summed E-state index contributed by atoms with van der Waals surface area (Å²) in [6, 6.07) is 15.8. The van der Waals surface area contributed by atoms with Gasteiger partial charge in [-0.15, -0.1) is 0 Å². The zero-order valence-electron chi connectivity index (χ0n) is 19.8. The molecule has 2 aromatic heterocycles. The van der Waals surface area contributed by atoms with Crippen LogP contribution in [0.25, 0.3) is 11.1 Å². The molecule has 1 amide bonds. The first-order valence-electron chi connectivity index (χ1n) is 11.7. The van der Waals surface area contributed by atoms with E-state index in [0.29, 0.717) is 30.3 Å². The van der Waals surface area contributed by atoms with Crippen LogP contribution in [-0.2, 0) is 0 Å². The van der Waals surface area contributed by atoms with Crippen molar-refractivity contribution in [3.63, 3.8) is 0 Å². The van der Waals surface area contributed by atoms with Crippen LogP contribution in [0.5, 0.6) is 0 Å². The molecule has 1 atom stereocenters. The number of likely N-dealkylation sites (tertiary alicyclic amines) is 1. The van der Waals surface area contributed by atoms with Gasteiger partial charge in [0.2, 0.25) is 5.95 Å². The molecule has 0 spiro atoms. The van der Waals surface area contributed by atoms with E-state index in [-0.39, 0.29) is 17.6 Å². The maximum atomic E-state index is 13.6. The van der Waals surface area contributed by atoms with Crippen LogP contribution in [0.3, 0.4) is 0 Å². The Bertz CT molecular complexity index is 1330.